The van der Waals surface area contributed by atoms with Gasteiger partial charge in [0.05, 0.1) is 18.6 Å². The van der Waals surface area contributed by atoms with Crippen molar-refractivity contribution in [1.29, 1.82) is 0 Å². The number of cyclic esters (lactones) is 1. The number of nitrogens with one attached hydrogen (secondary N) is 4. The quantitative estimate of drug-likeness (QED) is 0.123. The van der Waals surface area contributed by atoms with E-state index < -0.39 is 36.1 Å². The van der Waals surface area contributed by atoms with Crippen LogP contribution < -0.4 is 16.0 Å². The van der Waals surface area contributed by atoms with E-state index in [0.29, 0.717) is 12.8 Å². The maximum atomic E-state index is 13.6. The van der Waals surface area contributed by atoms with Gasteiger partial charge in [-0.05, 0) is 66.5 Å². The van der Waals surface area contributed by atoms with Crippen LogP contribution in [-0.4, -0.2) is 71.9 Å². The van der Waals surface area contributed by atoms with Crippen LogP contribution in [0.15, 0.2) is 91.1 Å². The zero-order valence-electron chi connectivity index (χ0n) is 28.6. The van der Waals surface area contributed by atoms with Gasteiger partial charge >= 0.3 is 12.1 Å². The third-order valence-electron chi connectivity index (χ3n) is 9.53. The van der Waals surface area contributed by atoms with E-state index in [-0.39, 0.29) is 56.8 Å². The number of esters is 1. The second kappa shape index (κ2) is 16.5. The number of H-pyrrole nitrogens is 1. The molecule has 266 valence electrons. The maximum absolute atomic E-state index is 13.6. The summed E-state index contributed by atoms with van der Waals surface area (Å²) >= 11 is 0. The van der Waals surface area contributed by atoms with Crippen LogP contribution in [0.2, 0.25) is 0 Å². The predicted molar refractivity (Wildman–Crippen MR) is 193 cm³/mol. The molecule has 3 aromatic carbocycles. The maximum Gasteiger partial charge on any atom is 0.407 e. The Morgan fingerprint density at radius 2 is 1.69 bits per heavy atom. The van der Waals surface area contributed by atoms with Crippen molar-refractivity contribution in [3.8, 4) is 11.1 Å². The molecule has 0 saturated heterocycles. The van der Waals surface area contributed by atoms with Gasteiger partial charge in [0.15, 0.2) is 0 Å². The first kappa shape index (κ1) is 35.4. The molecule has 2 aliphatic rings. The third kappa shape index (κ3) is 8.67. The Hall–Kier alpha value is -5.42. The number of carbonyl (C=O) groups excluding carboxylic acids is 4. The highest BCUT2D eigenvalue weighted by Crippen LogP contribution is 2.44. The number of para-hydroxylation sites is 1. The predicted octanol–water partition coefficient (Wildman–Crippen LogP) is 4.89. The van der Waals surface area contributed by atoms with Crippen LogP contribution in [0.25, 0.3) is 22.0 Å². The van der Waals surface area contributed by atoms with Gasteiger partial charge in [-0.3, -0.25) is 9.59 Å². The van der Waals surface area contributed by atoms with Crippen LogP contribution >= 0.6 is 0 Å². The van der Waals surface area contributed by atoms with Crippen molar-refractivity contribution < 1.29 is 33.8 Å². The van der Waals surface area contributed by atoms with Gasteiger partial charge in [0, 0.05) is 35.5 Å². The number of allylic oxidation sites excluding steroid dienone is 2. The van der Waals surface area contributed by atoms with Crippen LogP contribution in [-0.2, 0) is 30.3 Å². The highest BCUT2D eigenvalue weighted by Gasteiger charge is 2.31. The highest BCUT2D eigenvalue weighted by molar-refractivity contribution is 5.87. The number of alkyl carbamates (subject to hydrolysis) is 1. The first-order chi connectivity index (χ1) is 24.8. The van der Waals surface area contributed by atoms with E-state index >= 15 is 0 Å². The summed E-state index contributed by atoms with van der Waals surface area (Å²) in [7, 11) is 0. The topological polar surface area (TPSA) is 159 Å². The molecule has 4 atom stereocenters. The molecule has 2 heterocycles. The van der Waals surface area contributed by atoms with Crippen LogP contribution in [0, 0.1) is 5.92 Å². The summed E-state index contributed by atoms with van der Waals surface area (Å²) in [6.07, 6.45) is 5.99. The van der Waals surface area contributed by atoms with E-state index in [9.17, 15) is 24.3 Å². The lowest BCUT2D eigenvalue weighted by Gasteiger charge is -2.23. The van der Waals surface area contributed by atoms with Crippen molar-refractivity contribution in [2.45, 2.75) is 63.1 Å². The number of aromatic nitrogens is 1. The van der Waals surface area contributed by atoms with E-state index in [4.69, 9.17) is 9.47 Å². The highest BCUT2D eigenvalue weighted by atomic mass is 16.6. The Balaban J connectivity index is 1.16. The Kier molecular flexibility index (Phi) is 11.5. The summed E-state index contributed by atoms with van der Waals surface area (Å²) in [5, 5.41) is 18.8. The molecule has 51 heavy (non-hydrogen) atoms. The van der Waals surface area contributed by atoms with Crippen molar-refractivity contribution in [1.82, 2.24) is 20.9 Å². The third-order valence-corrected chi connectivity index (χ3v) is 9.53. The lowest BCUT2D eigenvalue weighted by molar-refractivity contribution is -0.147. The smallest absolute Gasteiger partial charge is 0.407 e. The second-order valence-electron chi connectivity index (χ2n) is 13.3. The van der Waals surface area contributed by atoms with Crippen molar-refractivity contribution in [3.05, 3.63) is 108 Å². The molecule has 0 fully saturated rings. The number of ether oxygens (including phenoxy) is 2. The number of amides is 3. The van der Waals surface area contributed by atoms with Crippen LogP contribution in [0.4, 0.5) is 4.79 Å². The van der Waals surface area contributed by atoms with Gasteiger partial charge in [0.2, 0.25) is 11.8 Å². The molecule has 1 aromatic heterocycles. The van der Waals surface area contributed by atoms with Gasteiger partial charge in [-0.15, -0.1) is 0 Å². The Bertz CT molecular complexity index is 1860. The molecule has 5 N–H and O–H groups in total. The van der Waals surface area contributed by atoms with Crippen molar-refractivity contribution in [3.63, 3.8) is 0 Å². The van der Waals surface area contributed by atoms with Gasteiger partial charge < -0.3 is 35.5 Å². The van der Waals surface area contributed by atoms with E-state index in [1.807, 2.05) is 79.0 Å². The minimum atomic E-state index is -0.989. The molecular formula is C40H44N4O7. The number of aliphatic hydroxyl groups is 1. The largest absolute Gasteiger partial charge is 0.462 e. The summed E-state index contributed by atoms with van der Waals surface area (Å²) in [5.74, 6) is -2.15. The van der Waals surface area contributed by atoms with Gasteiger partial charge in [-0.25, -0.2) is 9.59 Å². The summed E-state index contributed by atoms with van der Waals surface area (Å²) in [6.45, 7) is 1.42. The molecular weight excluding hydrogens is 648 g/mol. The molecule has 4 aromatic rings. The summed E-state index contributed by atoms with van der Waals surface area (Å²) < 4.78 is 11.5. The minimum Gasteiger partial charge on any atom is -0.462 e. The fraction of sp³-hybridized carbons (Fsp3) is 0.350. The SMILES string of the molecule is CC(CO)NC(=O)CC1CC=CCCC(NC(=O)OCC2c3ccccc3-c3ccccc32)C(=O)OCC(Cc2c[nH]c3ccccc23)NC1=O. The molecule has 0 spiro atoms. The zero-order chi connectivity index (χ0) is 35.7. The fourth-order valence-electron chi connectivity index (χ4n) is 6.88. The summed E-state index contributed by atoms with van der Waals surface area (Å²) in [4.78, 5) is 56.3. The average molecular weight is 693 g/mol. The number of benzene rings is 3. The van der Waals surface area contributed by atoms with Crippen molar-refractivity contribution in [2.75, 3.05) is 19.8 Å². The molecule has 1 aliphatic carbocycles. The minimum absolute atomic E-state index is 0.0773. The van der Waals surface area contributed by atoms with Gasteiger partial charge in [-0.2, -0.15) is 0 Å². The summed E-state index contributed by atoms with van der Waals surface area (Å²) in [5.41, 5.74) is 6.26. The number of carbonyl (C=O) groups is 4. The first-order valence-electron chi connectivity index (χ1n) is 17.5. The zero-order valence-corrected chi connectivity index (χ0v) is 28.6. The van der Waals surface area contributed by atoms with Gasteiger partial charge in [-0.1, -0.05) is 78.9 Å². The summed E-state index contributed by atoms with van der Waals surface area (Å²) in [6, 6.07) is 21.9. The number of hydrogen-bond donors (Lipinski definition) is 5. The lowest BCUT2D eigenvalue weighted by Crippen LogP contribution is -2.47. The second-order valence-corrected chi connectivity index (χ2v) is 13.3. The van der Waals surface area contributed by atoms with Gasteiger partial charge in [0.1, 0.15) is 19.3 Å². The normalized spacial score (nSPS) is 20.1. The monoisotopic (exact) mass is 692 g/mol. The number of rotatable bonds is 9. The molecule has 1 aliphatic heterocycles. The number of aromatic amines is 1. The fourth-order valence-corrected chi connectivity index (χ4v) is 6.88. The molecule has 11 heteroatoms. The Morgan fingerprint density at radius 1 is 0.980 bits per heavy atom. The molecule has 11 nitrogen and oxygen atoms in total. The number of fused-ring (bicyclic) bond motifs is 4. The van der Waals surface area contributed by atoms with E-state index in [1.54, 1.807) is 6.92 Å². The first-order valence-corrected chi connectivity index (χ1v) is 17.5. The van der Waals surface area contributed by atoms with Crippen molar-refractivity contribution in [2.24, 2.45) is 5.92 Å². The lowest BCUT2D eigenvalue weighted by atomic mass is 9.97. The molecule has 3 amide bonds. The molecule has 0 radical (unpaired) electrons. The van der Waals surface area contributed by atoms with Gasteiger partial charge in [0.25, 0.3) is 0 Å². The number of aliphatic hydroxyl groups excluding tert-OH is 1. The van der Waals surface area contributed by atoms with Crippen LogP contribution in [0.5, 0.6) is 0 Å². The molecule has 4 unspecified atom stereocenters. The van der Waals surface area contributed by atoms with E-state index in [0.717, 1.165) is 38.7 Å². The average Bonchev–Trinajstić information content (AvgIpc) is 3.69. The van der Waals surface area contributed by atoms with E-state index in [1.165, 1.54) is 0 Å². The number of hydrogen-bond acceptors (Lipinski definition) is 7. The molecule has 0 saturated carbocycles. The molecule has 0 bridgehead atoms. The Morgan fingerprint density at radius 3 is 2.43 bits per heavy atom. The Labute approximate surface area is 296 Å². The van der Waals surface area contributed by atoms with Crippen LogP contribution in [0.1, 0.15) is 55.2 Å². The van der Waals surface area contributed by atoms with Crippen molar-refractivity contribution >= 4 is 34.8 Å². The standard InChI is InChI=1S/C40H44N4O7/c1-25(22-45)42-37(46)20-26-11-3-2-4-18-36(39(48)50-23-28(43-38(26)47)19-27-21-41-35-17-10-9-12-29(27)35)44-40(49)51-24-34-32-15-7-5-13-30(32)31-14-6-8-16-33(31)34/h2-3,5-10,12-17,21,25-26,28,34,36,41,45H,4,11,18-20,22-24H2,1H3,(H,42,46)(H,43,47)(H,44,49). The van der Waals surface area contributed by atoms with Crippen LogP contribution in [0.3, 0.4) is 0 Å². The molecule has 6 rings (SSSR count). The van der Waals surface area contributed by atoms with E-state index in [2.05, 4.69) is 33.1 Å².